The summed E-state index contributed by atoms with van der Waals surface area (Å²) in [6.07, 6.45) is 3.37. The molecule has 0 aromatic heterocycles. The van der Waals surface area contributed by atoms with Crippen molar-refractivity contribution >= 4 is 22.5 Å². The van der Waals surface area contributed by atoms with Gasteiger partial charge in [-0.15, -0.1) is 0 Å². The van der Waals surface area contributed by atoms with Crippen molar-refractivity contribution in [3.63, 3.8) is 0 Å². The second-order valence-corrected chi connectivity index (χ2v) is 5.48. The van der Waals surface area contributed by atoms with Crippen LogP contribution in [0.4, 0.5) is 0 Å². The molecule has 2 aromatic carbocycles. The van der Waals surface area contributed by atoms with Crippen LogP contribution in [-0.2, 0) is 6.54 Å². The van der Waals surface area contributed by atoms with Gasteiger partial charge in [-0.05, 0) is 42.0 Å². The molecule has 0 aliphatic rings. The molecular formula is C16H21NOS. The zero-order valence-corrected chi connectivity index (χ0v) is 12.4. The minimum absolute atomic E-state index is 0.916. The van der Waals surface area contributed by atoms with Gasteiger partial charge in [-0.2, -0.15) is 11.8 Å². The van der Waals surface area contributed by atoms with Gasteiger partial charge in [0.1, 0.15) is 5.75 Å². The highest BCUT2D eigenvalue weighted by atomic mass is 32.2. The van der Waals surface area contributed by atoms with Gasteiger partial charge in [-0.25, -0.2) is 0 Å². The molecule has 0 saturated carbocycles. The van der Waals surface area contributed by atoms with Crippen molar-refractivity contribution in [2.75, 3.05) is 25.7 Å². The Hall–Kier alpha value is -1.19. The fraction of sp³-hybridized carbons (Fsp3) is 0.375. The van der Waals surface area contributed by atoms with E-state index in [1.807, 2.05) is 11.8 Å². The van der Waals surface area contributed by atoms with E-state index in [1.54, 1.807) is 7.11 Å². The fourth-order valence-electron chi connectivity index (χ4n) is 2.23. The third-order valence-corrected chi connectivity index (χ3v) is 3.91. The van der Waals surface area contributed by atoms with Gasteiger partial charge in [0.15, 0.2) is 0 Å². The second-order valence-electron chi connectivity index (χ2n) is 4.50. The molecule has 0 fully saturated rings. The van der Waals surface area contributed by atoms with Crippen LogP contribution in [0.15, 0.2) is 36.4 Å². The maximum absolute atomic E-state index is 5.42. The normalized spacial score (nSPS) is 10.8. The number of rotatable bonds is 7. The summed E-state index contributed by atoms with van der Waals surface area (Å²) in [5.74, 6) is 2.16. The van der Waals surface area contributed by atoms with Crippen LogP contribution in [-0.4, -0.2) is 25.7 Å². The number of hydrogen-bond acceptors (Lipinski definition) is 3. The van der Waals surface area contributed by atoms with Crippen molar-refractivity contribution in [2.24, 2.45) is 0 Å². The van der Waals surface area contributed by atoms with Crippen LogP contribution < -0.4 is 10.1 Å². The van der Waals surface area contributed by atoms with Crippen molar-refractivity contribution in [3.05, 3.63) is 42.0 Å². The van der Waals surface area contributed by atoms with Crippen molar-refractivity contribution in [1.29, 1.82) is 0 Å². The topological polar surface area (TPSA) is 21.3 Å². The fourth-order valence-corrected chi connectivity index (χ4v) is 2.66. The SMILES string of the molecule is COc1ccc(CNCCCSC)c2ccccc12. The van der Waals surface area contributed by atoms with Gasteiger partial charge in [0, 0.05) is 11.9 Å². The highest BCUT2D eigenvalue weighted by molar-refractivity contribution is 7.98. The Balaban J connectivity index is 2.11. The standard InChI is InChI=1S/C16H21NOS/c1-18-16-9-8-13(12-17-10-5-11-19-2)14-6-3-4-7-15(14)16/h3-4,6-9,17H,5,10-12H2,1-2H3. The van der Waals surface area contributed by atoms with Gasteiger partial charge in [0.25, 0.3) is 0 Å². The minimum atomic E-state index is 0.916. The Labute approximate surface area is 119 Å². The summed E-state index contributed by atoms with van der Waals surface area (Å²) in [6, 6.07) is 12.6. The van der Waals surface area contributed by atoms with Crippen LogP contribution in [0.3, 0.4) is 0 Å². The third kappa shape index (κ3) is 3.64. The number of methoxy groups -OCH3 is 1. The molecule has 0 bridgehead atoms. The molecule has 0 spiro atoms. The van der Waals surface area contributed by atoms with Crippen LogP contribution in [0.25, 0.3) is 10.8 Å². The maximum Gasteiger partial charge on any atom is 0.126 e. The molecule has 102 valence electrons. The Morgan fingerprint density at radius 3 is 2.63 bits per heavy atom. The largest absolute Gasteiger partial charge is 0.496 e. The number of hydrogen-bond donors (Lipinski definition) is 1. The Kier molecular flexibility index (Phi) is 5.55. The van der Waals surface area contributed by atoms with Crippen LogP contribution in [0.1, 0.15) is 12.0 Å². The molecule has 2 rings (SSSR count). The first-order valence-electron chi connectivity index (χ1n) is 6.61. The predicted octanol–water partition coefficient (Wildman–Crippen LogP) is 3.69. The van der Waals surface area contributed by atoms with E-state index in [1.165, 1.54) is 28.5 Å². The Morgan fingerprint density at radius 1 is 1.11 bits per heavy atom. The first-order chi connectivity index (χ1) is 9.36. The van der Waals surface area contributed by atoms with Crippen LogP contribution in [0.2, 0.25) is 0 Å². The monoisotopic (exact) mass is 275 g/mol. The zero-order valence-electron chi connectivity index (χ0n) is 11.6. The molecular weight excluding hydrogens is 254 g/mol. The lowest BCUT2D eigenvalue weighted by molar-refractivity contribution is 0.419. The lowest BCUT2D eigenvalue weighted by Gasteiger charge is -2.11. The summed E-state index contributed by atoms with van der Waals surface area (Å²) < 4.78 is 5.42. The van der Waals surface area contributed by atoms with E-state index in [-0.39, 0.29) is 0 Å². The van der Waals surface area contributed by atoms with Gasteiger partial charge in [0.2, 0.25) is 0 Å². The number of thioether (sulfide) groups is 1. The van der Waals surface area contributed by atoms with E-state index < -0.39 is 0 Å². The lowest BCUT2D eigenvalue weighted by atomic mass is 10.0. The molecule has 3 heteroatoms. The molecule has 0 heterocycles. The van der Waals surface area contributed by atoms with Gasteiger partial charge in [-0.3, -0.25) is 0 Å². The smallest absolute Gasteiger partial charge is 0.126 e. The summed E-state index contributed by atoms with van der Waals surface area (Å²) in [6.45, 7) is 1.99. The third-order valence-electron chi connectivity index (χ3n) is 3.21. The van der Waals surface area contributed by atoms with Gasteiger partial charge in [-0.1, -0.05) is 30.3 Å². The molecule has 2 aromatic rings. The van der Waals surface area contributed by atoms with E-state index in [0.717, 1.165) is 18.8 Å². The van der Waals surface area contributed by atoms with E-state index in [4.69, 9.17) is 4.74 Å². The molecule has 0 aliphatic heterocycles. The Morgan fingerprint density at radius 2 is 1.89 bits per heavy atom. The molecule has 0 radical (unpaired) electrons. The molecule has 2 nitrogen and oxygen atoms in total. The quantitative estimate of drug-likeness (QED) is 0.779. The molecule has 0 saturated heterocycles. The van der Waals surface area contributed by atoms with Crippen LogP contribution in [0.5, 0.6) is 5.75 Å². The molecule has 19 heavy (non-hydrogen) atoms. The van der Waals surface area contributed by atoms with Crippen LogP contribution in [0, 0.1) is 0 Å². The van der Waals surface area contributed by atoms with Gasteiger partial charge >= 0.3 is 0 Å². The van der Waals surface area contributed by atoms with Gasteiger partial charge in [0.05, 0.1) is 7.11 Å². The summed E-state index contributed by atoms with van der Waals surface area (Å²) >= 11 is 1.90. The van der Waals surface area contributed by atoms with Crippen molar-refractivity contribution in [2.45, 2.75) is 13.0 Å². The van der Waals surface area contributed by atoms with Crippen molar-refractivity contribution in [3.8, 4) is 5.75 Å². The zero-order chi connectivity index (χ0) is 13.5. The second kappa shape index (κ2) is 7.41. The van der Waals surface area contributed by atoms with Crippen molar-refractivity contribution < 1.29 is 4.74 Å². The predicted molar refractivity (Wildman–Crippen MR) is 85.2 cm³/mol. The molecule has 0 unspecified atom stereocenters. The number of benzene rings is 2. The number of ether oxygens (including phenoxy) is 1. The summed E-state index contributed by atoms with van der Waals surface area (Å²) in [7, 11) is 1.72. The van der Waals surface area contributed by atoms with Crippen LogP contribution >= 0.6 is 11.8 Å². The number of nitrogens with one attached hydrogen (secondary N) is 1. The summed E-state index contributed by atoms with van der Waals surface area (Å²) in [4.78, 5) is 0. The Bertz CT molecular complexity index is 527. The highest BCUT2D eigenvalue weighted by Gasteiger charge is 2.05. The summed E-state index contributed by atoms with van der Waals surface area (Å²) in [5, 5.41) is 5.98. The van der Waals surface area contributed by atoms with E-state index in [9.17, 15) is 0 Å². The van der Waals surface area contributed by atoms with E-state index in [0.29, 0.717) is 0 Å². The van der Waals surface area contributed by atoms with E-state index >= 15 is 0 Å². The number of fused-ring (bicyclic) bond motifs is 1. The lowest BCUT2D eigenvalue weighted by Crippen LogP contribution is -2.15. The van der Waals surface area contributed by atoms with Crippen molar-refractivity contribution in [1.82, 2.24) is 5.32 Å². The molecule has 1 N–H and O–H groups in total. The van der Waals surface area contributed by atoms with Gasteiger partial charge < -0.3 is 10.1 Å². The first kappa shape index (κ1) is 14.2. The highest BCUT2D eigenvalue weighted by Crippen LogP contribution is 2.28. The summed E-state index contributed by atoms with van der Waals surface area (Å²) in [5.41, 5.74) is 1.33. The first-order valence-corrected chi connectivity index (χ1v) is 8.00. The maximum atomic E-state index is 5.42. The average Bonchev–Trinajstić information content (AvgIpc) is 2.47. The molecule has 0 aliphatic carbocycles. The molecule has 0 amide bonds. The van der Waals surface area contributed by atoms with E-state index in [2.05, 4.69) is 48.0 Å². The molecule has 0 atom stereocenters. The average molecular weight is 275 g/mol. The minimum Gasteiger partial charge on any atom is -0.496 e.